The Labute approximate surface area is 113 Å². The number of hydrogen-bond acceptors (Lipinski definition) is 3. The van der Waals surface area contributed by atoms with Crippen LogP contribution >= 0.6 is 23.4 Å². The van der Waals surface area contributed by atoms with Gasteiger partial charge in [0.25, 0.3) is 0 Å². The van der Waals surface area contributed by atoms with E-state index in [9.17, 15) is 4.79 Å². The van der Waals surface area contributed by atoms with Gasteiger partial charge in [0.2, 0.25) is 5.91 Å². The fraction of sp³-hybridized carbons (Fsp3) is 0.167. The molecule has 1 amide bonds. The van der Waals surface area contributed by atoms with Crippen molar-refractivity contribution in [2.75, 3.05) is 11.1 Å². The molecule has 0 radical (unpaired) electrons. The summed E-state index contributed by atoms with van der Waals surface area (Å²) in [5, 5.41) is 10.4. The summed E-state index contributed by atoms with van der Waals surface area (Å²) < 4.78 is 0. The third-order valence-electron chi connectivity index (χ3n) is 2.77. The van der Waals surface area contributed by atoms with Gasteiger partial charge in [0.15, 0.2) is 0 Å². The first kappa shape index (κ1) is 11.6. The molecule has 0 bridgehead atoms. The Kier molecular flexibility index (Phi) is 3.01. The van der Waals surface area contributed by atoms with Crippen molar-refractivity contribution < 1.29 is 4.79 Å². The number of thioether (sulfide) groups is 1. The highest BCUT2D eigenvalue weighted by Crippen LogP contribution is 2.40. The number of amides is 1. The van der Waals surface area contributed by atoms with Crippen LogP contribution in [0.15, 0.2) is 30.5 Å². The van der Waals surface area contributed by atoms with Crippen molar-refractivity contribution in [3.8, 4) is 0 Å². The molecule has 1 aliphatic heterocycles. The van der Waals surface area contributed by atoms with Gasteiger partial charge in [0, 0.05) is 10.6 Å². The van der Waals surface area contributed by atoms with Gasteiger partial charge in [0.1, 0.15) is 5.82 Å². The number of rotatable bonds is 1. The van der Waals surface area contributed by atoms with Crippen molar-refractivity contribution >= 4 is 35.1 Å². The van der Waals surface area contributed by atoms with Crippen LogP contribution in [0.5, 0.6) is 0 Å². The fourth-order valence-electron chi connectivity index (χ4n) is 1.93. The molecule has 0 spiro atoms. The minimum Gasteiger partial charge on any atom is -0.310 e. The Bertz CT molecular complexity index is 581. The van der Waals surface area contributed by atoms with Crippen LogP contribution in [0.1, 0.15) is 16.4 Å². The molecule has 2 N–H and O–H groups in total. The van der Waals surface area contributed by atoms with Gasteiger partial charge < -0.3 is 5.32 Å². The second-order valence-corrected chi connectivity index (χ2v) is 5.52. The Morgan fingerprint density at radius 3 is 2.89 bits per heavy atom. The van der Waals surface area contributed by atoms with Gasteiger partial charge in [-0.1, -0.05) is 23.7 Å². The van der Waals surface area contributed by atoms with Crippen LogP contribution < -0.4 is 5.32 Å². The summed E-state index contributed by atoms with van der Waals surface area (Å²) in [7, 11) is 0. The highest BCUT2D eigenvalue weighted by atomic mass is 35.5. The van der Waals surface area contributed by atoms with Gasteiger partial charge in [-0.2, -0.15) is 5.10 Å². The lowest BCUT2D eigenvalue weighted by molar-refractivity contribution is -0.113. The highest BCUT2D eigenvalue weighted by Gasteiger charge is 2.25. The number of anilines is 1. The first-order valence-corrected chi connectivity index (χ1v) is 6.87. The van der Waals surface area contributed by atoms with E-state index in [-0.39, 0.29) is 11.2 Å². The molecule has 0 saturated heterocycles. The summed E-state index contributed by atoms with van der Waals surface area (Å²) in [4.78, 5) is 11.6. The van der Waals surface area contributed by atoms with E-state index in [0.29, 0.717) is 16.6 Å². The smallest absolute Gasteiger partial charge is 0.235 e. The summed E-state index contributed by atoms with van der Waals surface area (Å²) in [5.41, 5.74) is 2.11. The Balaban J connectivity index is 2.02. The average molecular weight is 280 g/mol. The Hall–Kier alpha value is -1.46. The van der Waals surface area contributed by atoms with Crippen LogP contribution in [0, 0.1) is 0 Å². The van der Waals surface area contributed by atoms with Crippen LogP contribution in [-0.2, 0) is 4.79 Å². The van der Waals surface area contributed by atoms with Crippen molar-refractivity contribution in [3.05, 3.63) is 46.6 Å². The van der Waals surface area contributed by atoms with Crippen LogP contribution in [0.3, 0.4) is 0 Å². The second-order valence-electron chi connectivity index (χ2n) is 3.99. The third kappa shape index (κ3) is 2.11. The molecule has 1 aliphatic rings. The van der Waals surface area contributed by atoms with E-state index in [1.165, 1.54) is 0 Å². The molecule has 4 nitrogen and oxygen atoms in total. The molecular weight excluding hydrogens is 270 g/mol. The van der Waals surface area contributed by atoms with E-state index in [1.807, 2.05) is 24.3 Å². The number of aromatic nitrogens is 2. The predicted octanol–water partition coefficient (Wildman–Crippen LogP) is 2.84. The maximum atomic E-state index is 11.6. The van der Waals surface area contributed by atoms with Gasteiger partial charge in [0.05, 0.1) is 17.2 Å². The SMILES string of the molecule is O=C1CSC(c2ccc(Cl)cc2)c2cn[nH]c2N1. The lowest BCUT2D eigenvalue weighted by Crippen LogP contribution is -2.12. The molecule has 92 valence electrons. The molecule has 6 heteroatoms. The molecule has 0 saturated carbocycles. The molecule has 1 unspecified atom stereocenters. The molecule has 1 aromatic carbocycles. The zero-order valence-electron chi connectivity index (χ0n) is 9.31. The van der Waals surface area contributed by atoms with Gasteiger partial charge >= 0.3 is 0 Å². The monoisotopic (exact) mass is 279 g/mol. The quantitative estimate of drug-likeness (QED) is 0.844. The summed E-state index contributed by atoms with van der Waals surface area (Å²) in [6.45, 7) is 0. The molecule has 0 aliphatic carbocycles. The van der Waals surface area contributed by atoms with Crippen LogP contribution in [-0.4, -0.2) is 21.9 Å². The van der Waals surface area contributed by atoms with E-state index < -0.39 is 0 Å². The molecule has 1 atom stereocenters. The van der Waals surface area contributed by atoms with E-state index in [2.05, 4.69) is 15.5 Å². The van der Waals surface area contributed by atoms with Gasteiger partial charge in [-0.25, -0.2) is 0 Å². The summed E-state index contributed by atoms with van der Waals surface area (Å²) >= 11 is 7.48. The largest absolute Gasteiger partial charge is 0.310 e. The molecule has 18 heavy (non-hydrogen) atoms. The first-order valence-electron chi connectivity index (χ1n) is 5.44. The maximum Gasteiger partial charge on any atom is 0.235 e. The van der Waals surface area contributed by atoms with Gasteiger partial charge in [-0.15, -0.1) is 11.8 Å². The van der Waals surface area contributed by atoms with Gasteiger partial charge in [-0.3, -0.25) is 9.89 Å². The van der Waals surface area contributed by atoms with Crippen LogP contribution in [0.25, 0.3) is 0 Å². The summed E-state index contributed by atoms with van der Waals surface area (Å²) in [6, 6.07) is 7.67. The Morgan fingerprint density at radius 2 is 2.11 bits per heavy atom. The lowest BCUT2D eigenvalue weighted by Gasteiger charge is -2.13. The maximum absolute atomic E-state index is 11.6. The predicted molar refractivity (Wildman–Crippen MR) is 73.0 cm³/mol. The number of nitrogens with zero attached hydrogens (tertiary/aromatic N) is 1. The van der Waals surface area contributed by atoms with Crippen LogP contribution in [0.4, 0.5) is 5.82 Å². The number of fused-ring (bicyclic) bond motifs is 1. The number of halogens is 1. The molecular formula is C12H10ClN3OS. The van der Waals surface area contributed by atoms with E-state index in [0.717, 1.165) is 11.1 Å². The van der Waals surface area contributed by atoms with E-state index >= 15 is 0 Å². The van der Waals surface area contributed by atoms with Crippen molar-refractivity contribution in [1.29, 1.82) is 0 Å². The summed E-state index contributed by atoms with van der Waals surface area (Å²) in [5.74, 6) is 1.10. The number of benzene rings is 1. The lowest BCUT2D eigenvalue weighted by atomic mass is 10.1. The Morgan fingerprint density at radius 1 is 1.33 bits per heavy atom. The van der Waals surface area contributed by atoms with Crippen molar-refractivity contribution in [2.45, 2.75) is 5.25 Å². The summed E-state index contributed by atoms with van der Waals surface area (Å²) in [6.07, 6.45) is 1.76. The molecule has 0 fully saturated rings. The molecule has 2 heterocycles. The number of nitrogens with one attached hydrogen (secondary N) is 2. The first-order chi connectivity index (χ1) is 8.74. The average Bonchev–Trinajstić information content (AvgIpc) is 2.74. The molecule has 2 aromatic rings. The normalized spacial score (nSPS) is 18.9. The fourth-order valence-corrected chi connectivity index (χ4v) is 3.16. The number of aromatic amines is 1. The number of carbonyl (C=O) groups excluding carboxylic acids is 1. The zero-order valence-corrected chi connectivity index (χ0v) is 10.9. The number of H-pyrrole nitrogens is 1. The second kappa shape index (κ2) is 4.66. The molecule has 3 rings (SSSR count). The molecule has 1 aromatic heterocycles. The van der Waals surface area contributed by atoms with E-state index in [4.69, 9.17) is 11.6 Å². The topological polar surface area (TPSA) is 57.8 Å². The van der Waals surface area contributed by atoms with Crippen molar-refractivity contribution in [3.63, 3.8) is 0 Å². The van der Waals surface area contributed by atoms with Crippen molar-refractivity contribution in [2.24, 2.45) is 0 Å². The third-order valence-corrected chi connectivity index (χ3v) is 4.31. The standard InChI is InChI=1S/C12H10ClN3OS/c13-8-3-1-7(2-4-8)11-9-5-14-16-12(9)15-10(17)6-18-11/h1-5,11H,6H2,(H2,14,15,16,17). The van der Waals surface area contributed by atoms with Crippen LogP contribution in [0.2, 0.25) is 5.02 Å². The number of hydrogen-bond donors (Lipinski definition) is 2. The number of carbonyl (C=O) groups is 1. The minimum absolute atomic E-state index is 0.0121. The zero-order chi connectivity index (χ0) is 12.5. The van der Waals surface area contributed by atoms with E-state index in [1.54, 1.807) is 18.0 Å². The minimum atomic E-state index is -0.0121. The van der Waals surface area contributed by atoms with Gasteiger partial charge in [-0.05, 0) is 17.7 Å². The van der Waals surface area contributed by atoms with Crippen molar-refractivity contribution in [1.82, 2.24) is 10.2 Å². The highest BCUT2D eigenvalue weighted by molar-refractivity contribution is 8.00.